The van der Waals surface area contributed by atoms with Crippen molar-refractivity contribution in [3.8, 4) is 6.07 Å². The molecule has 2 aromatic carbocycles. The normalized spacial score (nSPS) is 9.85. The zero-order chi connectivity index (χ0) is 14.7. The molecule has 0 aliphatic heterocycles. The summed E-state index contributed by atoms with van der Waals surface area (Å²) in [5.41, 5.74) is 2.63. The summed E-state index contributed by atoms with van der Waals surface area (Å²) >= 11 is 0. The fourth-order valence-electron chi connectivity index (χ4n) is 1.99. The Morgan fingerprint density at radius 1 is 1.25 bits per heavy atom. The second-order valence-electron chi connectivity index (χ2n) is 4.47. The third-order valence-corrected chi connectivity index (χ3v) is 3.05. The van der Waals surface area contributed by atoms with E-state index in [-0.39, 0.29) is 5.69 Å². The summed E-state index contributed by atoms with van der Waals surface area (Å²) in [6, 6.07) is 14.1. The van der Waals surface area contributed by atoms with Gasteiger partial charge in [0.05, 0.1) is 16.6 Å². The summed E-state index contributed by atoms with van der Waals surface area (Å²) in [6.07, 6.45) is 0. The van der Waals surface area contributed by atoms with Crippen LogP contribution in [-0.4, -0.2) is 12.0 Å². The number of hydrogen-bond donors (Lipinski definition) is 0. The molecular formula is C15H13N3O2. The van der Waals surface area contributed by atoms with E-state index in [4.69, 9.17) is 5.26 Å². The number of rotatable bonds is 3. The van der Waals surface area contributed by atoms with Gasteiger partial charge in [-0.3, -0.25) is 10.1 Å². The van der Waals surface area contributed by atoms with Crippen molar-refractivity contribution in [1.29, 1.82) is 5.26 Å². The highest BCUT2D eigenvalue weighted by molar-refractivity contribution is 5.72. The monoisotopic (exact) mass is 267 g/mol. The zero-order valence-corrected chi connectivity index (χ0v) is 11.2. The molecule has 0 saturated heterocycles. The van der Waals surface area contributed by atoms with Crippen LogP contribution in [0.2, 0.25) is 0 Å². The molecule has 0 fully saturated rings. The molecule has 0 unspecified atom stereocenters. The Morgan fingerprint density at radius 3 is 2.65 bits per heavy atom. The van der Waals surface area contributed by atoms with E-state index in [0.717, 1.165) is 11.3 Å². The van der Waals surface area contributed by atoms with Gasteiger partial charge < -0.3 is 4.90 Å². The minimum Gasteiger partial charge on any atom is -0.339 e. The van der Waals surface area contributed by atoms with Crippen LogP contribution in [-0.2, 0) is 0 Å². The van der Waals surface area contributed by atoms with Crippen LogP contribution >= 0.6 is 0 Å². The number of aryl methyl sites for hydroxylation is 1. The van der Waals surface area contributed by atoms with Gasteiger partial charge in [0.15, 0.2) is 0 Å². The molecule has 0 aliphatic carbocycles. The van der Waals surface area contributed by atoms with E-state index < -0.39 is 4.92 Å². The molecule has 0 aromatic heterocycles. The van der Waals surface area contributed by atoms with Gasteiger partial charge in [-0.1, -0.05) is 12.1 Å². The predicted molar refractivity (Wildman–Crippen MR) is 77.1 cm³/mol. The number of anilines is 2. The van der Waals surface area contributed by atoms with Crippen molar-refractivity contribution in [1.82, 2.24) is 0 Å². The van der Waals surface area contributed by atoms with Crippen molar-refractivity contribution in [2.45, 2.75) is 6.92 Å². The Kier molecular flexibility index (Phi) is 3.67. The topological polar surface area (TPSA) is 70.2 Å². The van der Waals surface area contributed by atoms with E-state index in [9.17, 15) is 10.1 Å². The van der Waals surface area contributed by atoms with E-state index in [1.165, 1.54) is 0 Å². The average molecular weight is 267 g/mol. The number of hydrogen-bond acceptors (Lipinski definition) is 4. The molecule has 0 radical (unpaired) electrons. The first-order valence-electron chi connectivity index (χ1n) is 6.02. The van der Waals surface area contributed by atoms with E-state index >= 15 is 0 Å². The molecular weight excluding hydrogens is 254 g/mol. The Labute approximate surface area is 116 Å². The van der Waals surface area contributed by atoms with Crippen LogP contribution in [0.3, 0.4) is 0 Å². The molecule has 0 spiro atoms. The first-order valence-corrected chi connectivity index (χ1v) is 6.02. The number of nitro benzene ring substituents is 1. The lowest BCUT2D eigenvalue weighted by Crippen LogP contribution is -2.11. The Balaban J connectivity index is 2.50. The number of nitrogens with zero attached hydrogens (tertiary/aromatic N) is 3. The molecule has 2 aromatic rings. The summed E-state index contributed by atoms with van der Waals surface area (Å²) in [7, 11) is 1.74. The molecule has 100 valence electrons. The lowest BCUT2D eigenvalue weighted by molar-refractivity contribution is -0.384. The van der Waals surface area contributed by atoms with Crippen molar-refractivity contribution >= 4 is 17.1 Å². The maximum absolute atomic E-state index is 11.2. The van der Waals surface area contributed by atoms with Gasteiger partial charge in [-0.2, -0.15) is 5.26 Å². The van der Waals surface area contributed by atoms with E-state index in [2.05, 4.69) is 6.07 Å². The summed E-state index contributed by atoms with van der Waals surface area (Å²) < 4.78 is 0. The van der Waals surface area contributed by atoms with Gasteiger partial charge in [-0.15, -0.1) is 0 Å². The molecule has 0 saturated carbocycles. The van der Waals surface area contributed by atoms with Gasteiger partial charge >= 0.3 is 0 Å². The fourth-order valence-corrected chi connectivity index (χ4v) is 1.99. The third kappa shape index (κ3) is 2.59. The van der Waals surface area contributed by atoms with Gasteiger partial charge in [0, 0.05) is 18.8 Å². The van der Waals surface area contributed by atoms with Crippen LogP contribution in [0, 0.1) is 28.4 Å². The second kappa shape index (κ2) is 5.41. The molecule has 0 amide bonds. The molecule has 0 atom stereocenters. The lowest BCUT2D eigenvalue weighted by atomic mass is 10.1. The number of nitriles is 1. The first-order chi connectivity index (χ1) is 9.52. The molecule has 5 nitrogen and oxygen atoms in total. The molecule has 0 aliphatic rings. The molecule has 0 heterocycles. The number of benzene rings is 2. The van der Waals surface area contributed by atoms with Crippen LogP contribution in [0.1, 0.15) is 11.1 Å². The highest BCUT2D eigenvalue weighted by atomic mass is 16.6. The van der Waals surface area contributed by atoms with Gasteiger partial charge in [-0.25, -0.2) is 0 Å². The van der Waals surface area contributed by atoms with E-state index in [1.54, 1.807) is 42.3 Å². The summed E-state index contributed by atoms with van der Waals surface area (Å²) in [4.78, 5) is 12.5. The second-order valence-corrected chi connectivity index (χ2v) is 4.47. The Morgan fingerprint density at radius 2 is 2.00 bits per heavy atom. The van der Waals surface area contributed by atoms with Crippen molar-refractivity contribution in [2.75, 3.05) is 11.9 Å². The van der Waals surface area contributed by atoms with Gasteiger partial charge in [0.25, 0.3) is 5.69 Å². The largest absolute Gasteiger partial charge is 0.339 e. The van der Waals surface area contributed by atoms with Crippen molar-refractivity contribution in [3.05, 3.63) is 63.7 Å². The van der Waals surface area contributed by atoms with Crippen molar-refractivity contribution < 1.29 is 4.92 Å². The van der Waals surface area contributed by atoms with Crippen LogP contribution < -0.4 is 4.90 Å². The predicted octanol–water partition coefficient (Wildman–Crippen LogP) is 3.54. The zero-order valence-electron chi connectivity index (χ0n) is 11.2. The molecule has 5 heteroatoms. The highest BCUT2D eigenvalue weighted by Gasteiger charge is 2.18. The standard InChI is InChI=1S/C15H13N3O2/c1-11-6-7-14(15(8-11)18(19)20)17(2)13-5-3-4-12(9-13)10-16/h3-9H,1-2H3. The molecule has 0 bridgehead atoms. The SMILES string of the molecule is Cc1ccc(N(C)c2cccc(C#N)c2)c([N+](=O)[O-])c1. The average Bonchev–Trinajstić information content (AvgIpc) is 2.46. The van der Waals surface area contributed by atoms with Crippen molar-refractivity contribution in [2.24, 2.45) is 0 Å². The minimum absolute atomic E-state index is 0.0508. The Bertz CT molecular complexity index is 705. The highest BCUT2D eigenvalue weighted by Crippen LogP contribution is 2.33. The van der Waals surface area contributed by atoms with E-state index in [1.807, 2.05) is 19.1 Å². The molecule has 20 heavy (non-hydrogen) atoms. The smallest absolute Gasteiger partial charge is 0.293 e. The molecule has 0 N–H and O–H groups in total. The van der Waals surface area contributed by atoms with Crippen LogP contribution in [0.4, 0.5) is 17.1 Å². The maximum atomic E-state index is 11.2. The lowest BCUT2D eigenvalue weighted by Gasteiger charge is -2.19. The van der Waals surface area contributed by atoms with Gasteiger partial charge in [-0.05, 0) is 36.8 Å². The number of nitro groups is 1. The summed E-state index contributed by atoms with van der Waals surface area (Å²) in [6.45, 7) is 1.81. The third-order valence-electron chi connectivity index (χ3n) is 3.05. The first kappa shape index (κ1) is 13.6. The maximum Gasteiger partial charge on any atom is 0.293 e. The van der Waals surface area contributed by atoms with Gasteiger partial charge in [0.1, 0.15) is 5.69 Å². The fraction of sp³-hybridized carbons (Fsp3) is 0.133. The summed E-state index contributed by atoms with van der Waals surface area (Å²) in [5.74, 6) is 0. The van der Waals surface area contributed by atoms with E-state index in [0.29, 0.717) is 11.3 Å². The van der Waals surface area contributed by atoms with Gasteiger partial charge in [0.2, 0.25) is 0 Å². The summed E-state index contributed by atoms with van der Waals surface area (Å²) in [5, 5.41) is 20.1. The Hall–Kier alpha value is -2.87. The molecule has 2 rings (SSSR count). The van der Waals surface area contributed by atoms with Crippen LogP contribution in [0.15, 0.2) is 42.5 Å². The van der Waals surface area contributed by atoms with Crippen LogP contribution in [0.5, 0.6) is 0 Å². The quantitative estimate of drug-likeness (QED) is 0.630. The van der Waals surface area contributed by atoms with Crippen LogP contribution in [0.25, 0.3) is 0 Å². The minimum atomic E-state index is -0.396. The van der Waals surface area contributed by atoms with Crippen molar-refractivity contribution in [3.63, 3.8) is 0 Å².